The van der Waals surface area contributed by atoms with Gasteiger partial charge < -0.3 is 19.7 Å². The number of carbonyl (C=O) groups excluding carboxylic acids is 1. The summed E-state index contributed by atoms with van der Waals surface area (Å²) in [5.74, 6) is 0.0135. The molecule has 8 heteroatoms. The van der Waals surface area contributed by atoms with Crippen LogP contribution in [0.4, 0.5) is 4.79 Å². The van der Waals surface area contributed by atoms with Crippen LogP contribution in [0.15, 0.2) is 42.9 Å². The molecule has 2 N–H and O–H groups in total. The number of hydrogen-bond acceptors (Lipinski definition) is 5. The molecular formula is C27H38N4O4. The highest BCUT2D eigenvalue weighted by molar-refractivity contribution is 5.74. The van der Waals surface area contributed by atoms with Crippen LogP contribution in [0.2, 0.25) is 0 Å². The van der Waals surface area contributed by atoms with Crippen molar-refractivity contribution in [3.63, 3.8) is 0 Å². The van der Waals surface area contributed by atoms with Crippen LogP contribution in [0.3, 0.4) is 0 Å². The van der Waals surface area contributed by atoms with Crippen molar-refractivity contribution in [3.05, 3.63) is 54.1 Å². The molecule has 2 aromatic rings. The van der Waals surface area contributed by atoms with E-state index in [0.717, 1.165) is 30.1 Å². The van der Waals surface area contributed by atoms with Crippen molar-refractivity contribution in [2.75, 3.05) is 13.1 Å². The van der Waals surface area contributed by atoms with Crippen LogP contribution < -0.4 is 5.32 Å². The predicted octanol–water partition coefficient (Wildman–Crippen LogP) is 4.24. The topological polar surface area (TPSA) is 96.7 Å². The van der Waals surface area contributed by atoms with E-state index in [9.17, 15) is 14.7 Å². The molecule has 1 aliphatic carbocycles. The summed E-state index contributed by atoms with van der Waals surface area (Å²) in [6.07, 6.45) is 13.7. The molecule has 2 atom stereocenters. The fraction of sp³-hybridized carbons (Fsp3) is 0.593. The summed E-state index contributed by atoms with van der Waals surface area (Å²) in [5.41, 5.74) is 1.73. The van der Waals surface area contributed by atoms with Gasteiger partial charge >= 0.3 is 12.1 Å². The first-order valence-corrected chi connectivity index (χ1v) is 13.0. The maximum absolute atomic E-state index is 12.2. The molecule has 1 aromatic carbocycles. The highest BCUT2D eigenvalue weighted by atomic mass is 16.5. The van der Waals surface area contributed by atoms with Gasteiger partial charge in [0.15, 0.2) is 0 Å². The zero-order valence-electron chi connectivity index (χ0n) is 20.5. The van der Waals surface area contributed by atoms with E-state index in [4.69, 9.17) is 4.74 Å². The van der Waals surface area contributed by atoms with Crippen molar-refractivity contribution in [3.8, 4) is 0 Å². The molecule has 190 valence electrons. The van der Waals surface area contributed by atoms with Crippen LogP contribution in [-0.2, 0) is 29.1 Å². The van der Waals surface area contributed by atoms with E-state index in [1.807, 2.05) is 47.8 Å². The Hall–Kier alpha value is -2.87. The molecule has 0 bridgehead atoms. The number of rotatable bonds is 11. The highest BCUT2D eigenvalue weighted by Crippen LogP contribution is 2.27. The van der Waals surface area contributed by atoms with Crippen molar-refractivity contribution in [2.24, 2.45) is 5.92 Å². The van der Waals surface area contributed by atoms with Gasteiger partial charge in [0.1, 0.15) is 12.6 Å². The lowest BCUT2D eigenvalue weighted by Crippen LogP contribution is -2.44. The van der Waals surface area contributed by atoms with Crippen molar-refractivity contribution in [2.45, 2.75) is 83.0 Å². The van der Waals surface area contributed by atoms with E-state index in [0.29, 0.717) is 25.9 Å². The molecule has 2 heterocycles. The van der Waals surface area contributed by atoms with Gasteiger partial charge in [-0.05, 0) is 30.7 Å². The molecule has 2 fully saturated rings. The minimum Gasteiger partial charge on any atom is -0.480 e. The molecule has 8 nitrogen and oxygen atoms in total. The molecule has 1 amide bonds. The lowest BCUT2D eigenvalue weighted by molar-refractivity contribution is -0.142. The number of carboxylic acid groups (broad SMARTS) is 1. The first kappa shape index (κ1) is 25.2. The summed E-state index contributed by atoms with van der Waals surface area (Å²) in [5, 5.41) is 12.8. The SMILES string of the molecule is O=C(N[C@H]1CCN([C@@H](Cc2cn(CCCC3CCCCC3)cn2)C(=O)O)C1)OCc1ccccc1. The fourth-order valence-electron chi connectivity index (χ4n) is 5.36. The number of benzene rings is 1. The van der Waals surface area contributed by atoms with E-state index in [2.05, 4.69) is 14.9 Å². The Morgan fingerprint density at radius 3 is 2.71 bits per heavy atom. The average Bonchev–Trinajstić information content (AvgIpc) is 3.52. The minimum atomic E-state index is -0.857. The van der Waals surface area contributed by atoms with Crippen molar-refractivity contribution >= 4 is 12.1 Å². The Morgan fingerprint density at radius 1 is 1.14 bits per heavy atom. The first-order chi connectivity index (χ1) is 17.1. The third kappa shape index (κ3) is 7.82. The third-order valence-corrected chi connectivity index (χ3v) is 7.32. The summed E-state index contributed by atoms with van der Waals surface area (Å²) in [6.45, 7) is 2.24. The molecular weight excluding hydrogens is 444 g/mol. The average molecular weight is 483 g/mol. The number of carbonyl (C=O) groups is 2. The summed E-state index contributed by atoms with van der Waals surface area (Å²) in [7, 11) is 0. The number of aromatic nitrogens is 2. The van der Waals surface area contributed by atoms with E-state index in [1.54, 1.807) is 0 Å². The standard InChI is InChI=1S/C27H38N4O4/c32-26(33)25(16-24-17-30(20-28-24)14-7-12-21-8-3-1-4-9-21)31-15-13-23(18-31)29-27(34)35-19-22-10-5-2-6-11-22/h2,5-6,10-11,17,20-21,23,25H,1,3-4,7-9,12-16,18-19H2,(H,29,34)(H,32,33)/t23-,25-/m0/s1. The van der Waals surface area contributed by atoms with Gasteiger partial charge in [0.05, 0.1) is 12.0 Å². The normalized spacial score (nSPS) is 19.9. The molecule has 2 aliphatic rings. The molecule has 1 saturated heterocycles. The monoisotopic (exact) mass is 482 g/mol. The van der Waals surface area contributed by atoms with E-state index >= 15 is 0 Å². The number of ether oxygens (including phenoxy) is 1. The number of nitrogens with zero attached hydrogens (tertiary/aromatic N) is 3. The van der Waals surface area contributed by atoms with Crippen molar-refractivity contribution in [1.82, 2.24) is 19.8 Å². The Balaban J connectivity index is 1.21. The Labute approximate surface area is 207 Å². The largest absolute Gasteiger partial charge is 0.480 e. The van der Waals surface area contributed by atoms with E-state index in [1.165, 1.54) is 38.5 Å². The first-order valence-electron chi connectivity index (χ1n) is 13.0. The maximum Gasteiger partial charge on any atom is 0.407 e. The fourth-order valence-corrected chi connectivity index (χ4v) is 5.36. The maximum atomic E-state index is 12.2. The number of alkyl carbamates (subject to hydrolysis) is 1. The van der Waals surface area contributed by atoms with Gasteiger partial charge in [-0.25, -0.2) is 9.78 Å². The molecule has 1 aromatic heterocycles. The van der Waals surface area contributed by atoms with Gasteiger partial charge in [0, 0.05) is 38.3 Å². The Morgan fingerprint density at radius 2 is 1.94 bits per heavy atom. The van der Waals surface area contributed by atoms with Gasteiger partial charge in [0.25, 0.3) is 0 Å². The van der Waals surface area contributed by atoms with Gasteiger partial charge in [-0.3, -0.25) is 9.69 Å². The second kappa shape index (κ2) is 12.7. The quantitative estimate of drug-likeness (QED) is 0.497. The van der Waals surface area contributed by atoms with Gasteiger partial charge in [-0.1, -0.05) is 62.4 Å². The number of aliphatic carboxylic acids is 1. The molecule has 1 saturated carbocycles. The summed E-state index contributed by atoms with van der Waals surface area (Å²) in [6, 6.07) is 8.74. The Kier molecular flexibility index (Phi) is 9.17. The van der Waals surface area contributed by atoms with Crippen LogP contribution in [0.5, 0.6) is 0 Å². The predicted molar refractivity (Wildman–Crippen MR) is 133 cm³/mol. The molecule has 4 rings (SSSR count). The number of hydrogen-bond donors (Lipinski definition) is 2. The van der Waals surface area contributed by atoms with Crippen LogP contribution in [0.1, 0.15) is 62.6 Å². The minimum absolute atomic E-state index is 0.127. The summed E-state index contributed by atoms with van der Waals surface area (Å²) < 4.78 is 7.40. The van der Waals surface area contributed by atoms with E-state index in [-0.39, 0.29) is 12.6 Å². The smallest absolute Gasteiger partial charge is 0.407 e. The van der Waals surface area contributed by atoms with E-state index < -0.39 is 18.1 Å². The number of likely N-dealkylation sites (tertiary alicyclic amines) is 1. The zero-order chi connectivity index (χ0) is 24.5. The van der Waals surface area contributed by atoms with Crippen molar-refractivity contribution in [1.29, 1.82) is 0 Å². The lowest BCUT2D eigenvalue weighted by Gasteiger charge is -2.23. The second-order valence-electron chi connectivity index (χ2n) is 9.99. The second-order valence-corrected chi connectivity index (χ2v) is 9.99. The molecule has 0 spiro atoms. The van der Waals surface area contributed by atoms with Crippen molar-refractivity contribution < 1.29 is 19.4 Å². The number of imidazole rings is 1. The number of carboxylic acids is 1. The molecule has 0 radical (unpaired) electrons. The Bertz CT molecular complexity index is 942. The van der Waals surface area contributed by atoms with Gasteiger partial charge in [-0.15, -0.1) is 0 Å². The molecule has 0 unspecified atom stereocenters. The third-order valence-electron chi connectivity index (χ3n) is 7.32. The molecule has 35 heavy (non-hydrogen) atoms. The summed E-state index contributed by atoms with van der Waals surface area (Å²) in [4.78, 5) is 30.6. The summed E-state index contributed by atoms with van der Waals surface area (Å²) >= 11 is 0. The van der Waals surface area contributed by atoms with Crippen LogP contribution >= 0.6 is 0 Å². The van der Waals surface area contributed by atoms with Gasteiger partial charge in [-0.2, -0.15) is 0 Å². The van der Waals surface area contributed by atoms with Crippen LogP contribution in [0, 0.1) is 5.92 Å². The highest BCUT2D eigenvalue weighted by Gasteiger charge is 2.33. The van der Waals surface area contributed by atoms with Gasteiger partial charge in [0.2, 0.25) is 0 Å². The van der Waals surface area contributed by atoms with Crippen LogP contribution in [-0.4, -0.2) is 56.8 Å². The molecule has 1 aliphatic heterocycles. The number of amides is 1. The van der Waals surface area contributed by atoms with Crippen LogP contribution in [0.25, 0.3) is 0 Å². The number of nitrogens with one attached hydrogen (secondary N) is 1. The number of aryl methyl sites for hydroxylation is 1. The lowest BCUT2D eigenvalue weighted by atomic mass is 9.86. The zero-order valence-corrected chi connectivity index (χ0v) is 20.5.